The molecular weight excluding hydrogens is 348 g/mol. The number of nitrogens with zero attached hydrogens (tertiary/aromatic N) is 5. The molecule has 27 heavy (non-hydrogen) atoms. The van der Waals surface area contributed by atoms with E-state index in [9.17, 15) is 9.59 Å². The number of hydrogen-bond acceptors (Lipinski definition) is 7. The Labute approximate surface area is 156 Å². The van der Waals surface area contributed by atoms with Crippen molar-refractivity contribution in [1.29, 1.82) is 0 Å². The second kappa shape index (κ2) is 7.81. The molecule has 1 saturated carbocycles. The highest BCUT2D eigenvalue weighted by Crippen LogP contribution is 2.28. The molecule has 4 rings (SSSR count). The summed E-state index contributed by atoms with van der Waals surface area (Å²) in [4.78, 5) is 39.0. The summed E-state index contributed by atoms with van der Waals surface area (Å²) < 4.78 is 5.16. The first kappa shape index (κ1) is 17.6. The maximum absolute atomic E-state index is 12.6. The Morgan fingerprint density at radius 3 is 2.74 bits per heavy atom. The van der Waals surface area contributed by atoms with Gasteiger partial charge in [0.25, 0.3) is 0 Å². The van der Waals surface area contributed by atoms with Crippen molar-refractivity contribution in [3.63, 3.8) is 0 Å². The molecule has 0 radical (unpaired) electrons. The van der Waals surface area contributed by atoms with E-state index in [1.165, 1.54) is 0 Å². The highest BCUT2D eigenvalue weighted by Gasteiger charge is 2.35. The van der Waals surface area contributed by atoms with Gasteiger partial charge in [-0.1, -0.05) is 18.0 Å². The zero-order valence-corrected chi connectivity index (χ0v) is 15.0. The molecule has 142 valence electrons. The molecule has 1 aliphatic heterocycles. The van der Waals surface area contributed by atoms with Crippen LogP contribution in [-0.2, 0) is 16.1 Å². The third-order valence-corrected chi connectivity index (χ3v) is 5.23. The minimum atomic E-state index is -0.192. The molecule has 2 fully saturated rings. The van der Waals surface area contributed by atoms with Crippen LogP contribution in [0.1, 0.15) is 44.4 Å². The average molecular weight is 370 g/mol. The lowest BCUT2D eigenvalue weighted by Gasteiger charge is -2.36. The van der Waals surface area contributed by atoms with Crippen LogP contribution in [0.4, 0.5) is 0 Å². The molecule has 1 aliphatic carbocycles. The number of amides is 2. The van der Waals surface area contributed by atoms with Gasteiger partial charge in [-0.05, 0) is 25.3 Å². The van der Waals surface area contributed by atoms with Crippen molar-refractivity contribution in [2.24, 2.45) is 5.92 Å². The predicted molar refractivity (Wildman–Crippen MR) is 93.9 cm³/mol. The van der Waals surface area contributed by atoms with E-state index in [0.29, 0.717) is 37.1 Å². The van der Waals surface area contributed by atoms with Gasteiger partial charge in [-0.3, -0.25) is 9.59 Å². The van der Waals surface area contributed by atoms with Gasteiger partial charge in [-0.25, -0.2) is 9.97 Å². The van der Waals surface area contributed by atoms with Crippen LogP contribution < -0.4 is 5.32 Å². The maximum atomic E-state index is 12.6. The Balaban J connectivity index is 1.33. The zero-order valence-electron chi connectivity index (χ0n) is 15.0. The molecule has 1 saturated heterocycles. The molecule has 9 nitrogen and oxygen atoms in total. The molecule has 0 aromatic carbocycles. The molecule has 0 spiro atoms. The fourth-order valence-corrected chi connectivity index (χ4v) is 3.79. The lowest BCUT2D eigenvalue weighted by molar-refractivity contribution is -0.140. The Morgan fingerprint density at radius 1 is 1.19 bits per heavy atom. The Kier molecular flexibility index (Phi) is 5.08. The molecule has 1 N–H and O–H groups in total. The van der Waals surface area contributed by atoms with Gasteiger partial charge in [0.2, 0.25) is 29.4 Å². The van der Waals surface area contributed by atoms with Crippen molar-refractivity contribution in [3.8, 4) is 11.6 Å². The van der Waals surface area contributed by atoms with E-state index >= 15 is 0 Å². The van der Waals surface area contributed by atoms with Crippen LogP contribution in [0.25, 0.3) is 11.6 Å². The van der Waals surface area contributed by atoms with Gasteiger partial charge in [0.15, 0.2) is 0 Å². The summed E-state index contributed by atoms with van der Waals surface area (Å²) in [5.41, 5.74) is 0. The van der Waals surface area contributed by atoms with Crippen molar-refractivity contribution < 1.29 is 14.1 Å². The van der Waals surface area contributed by atoms with E-state index in [-0.39, 0.29) is 30.1 Å². The topological polar surface area (TPSA) is 114 Å². The Bertz CT molecular complexity index is 802. The maximum Gasteiger partial charge on any atom is 0.246 e. The van der Waals surface area contributed by atoms with Gasteiger partial charge < -0.3 is 14.7 Å². The highest BCUT2D eigenvalue weighted by atomic mass is 16.5. The van der Waals surface area contributed by atoms with E-state index < -0.39 is 0 Å². The van der Waals surface area contributed by atoms with Gasteiger partial charge in [0.05, 0.1) is 12.5 Å². The van der Waals surface area contributed by atoms with Crippen LogP contribution >= 0.6 is 0 Å². The first-order chi connectivity index (χ1) is 13.2. The summed E-state index contributed by atoms with van der Waals surface area (Å²) in [5.74, 6) is 0.859. The van der Waals surface area contributed by atoms with Crippen LogP contribution in [0.3, 0.4) is 0 Å². The van der Waals surface area contributed by atoms with Gasteiger partial charge in [0, 0.05) is 31.4 Å². The molecule has 0 bridgehead atoms. The van der Waals surface area contributed by atoms with Crippen molar-refractivity contribution in [1.82, 2.24) is 30.3 Å². The predicted octanol–water partition coefficient (Wildman–Crippen LogP) is 1.32. The van der Waals surface area contributed by atoms with Crippen molar-refractivity contribution in [2.45, 2.75) is 51.1 Å². The monoisotopic (exact) mass is 370 g/mol. The van der Waals surface area contributed by atoms with Gasteiger partial charge in [-0.2, -0.15) is 4.98 Å². The van der Waals surface area contributed by atoms with Crippen LogP contribution in [0.15, 0.2) is 23.0 Å². The van der Waals surface area contributed by atoms with Gasteiger partial charge in [-0.15, -0.1) is 0 Å². The number of aromatic nitrogens is 4. The first-order valence-corrected chi connectivity index (χ1v) is 9.38. The fourth-order valence-electron chi connectivity index (χ4n) is 3.79. The lowest BCUT2D eigenvalue weighted by atomic mass is 9.95. The van der Waals surface area contributed by atoms with E-state index in [0.717, 1.165) is 25.7 Å². The van der Waals surface area contributed by atoms with Crippen LogP contribution in [0.5, 0.6) is 0 Å². The minimum Gasteiger partial charge on any atom is -0.347 e. The third kappa shape index (κ3) is 3.96. The number of carbonyl (C=O) groups is 2. The summed E-state index contributed by atoms with van der Waals surface area (Å²) in [7, 11) is 0. The Morgan fingerprint density at radius 2 is 1.96 bits per heavy atom. The molecule has 9 heteroatoms. The molecule has 2 aromatic heterocycles. The number of piperidine rings is 1. The third-order valence-electron chi connectivity index (χ3n) is 5.23. The van der Waals surface area contributed by atoms with Crippen LogP contribution in [0, 0.1) is 5.92 Å². The summed E-state index contributed by atoms with van der Waals surface area (Å²) in [5, 5.41) is 6.68. The highest BCUT2D eigenvalue weighted by molar-refractivity contribution is 5.84. The van der Waals surface area contributed by atoms with Crippen LogP contribution in [0.2, 0.25) is 0 Å². The van der Waals surface area contributed by atoms with E-state index in [1.807, 2.05) is 4.90 Å². The zero-order chi connectivity index (χ0) is 18.6. The van der Waals surface area contributed by atoms with Gasteiger partial charge >= 0.3 is 0 Å². The van der Waals surface area contributed by atoms with E-state index in [4.69, 9.17) is 4.52 Å². The summed E-state index contributed by atoms with van der Waals surface area (Å²) in [6.07, 6.45) is 8.64. The minimum absolute atomic E-state index is 0.0822. The first-order valence-electron chi connectivity index (χ1n) is 9.38. The summed E-state index contributed by atoms with van der Waals surface area (Å²) in [6.45, 7) is 0.648. The number of carbonyl (C=O) groups excluding carboxylic acids is 2. The smallest absolute Gasteiger partial charge is 0.246 e. The molecular formula is C18H22N6O3. The summed E-state index contributed by atoms with van der Waals surface area (Å²) >= 11 is 0. The van der Waals surface area contributed by atoms with Crippen LogP contribution in [-0.4, -0.2) is 49.4 Å². The van der Waals surface area contributed by atoms with Crippen molar-refractivity contribution in [2.75, 3.05) is 6.54 Å². The van der Waals surface area contributed by atoms with E-state index in [2.05, 4.69) is 25.4 Å². The molecule has 1 atom stereocenters. The summed E-state index contributed by atoms with van der Waals surface area (Å²) in [6, 6.07) is 2.01. The van der Waals surface area contributed by atoms with Crippen molar-refractivity contribution in [3.05, 3.63) is 24.4 Å². The number of nitrogens with one attached hydrogen (secondary N) is 1. The average Bonchev–Trinajstić information content (AvgIpc) is 3.39. The van der Waals surface area contributed by atoms with Crippen molar-refractivity contribution >= 4 is 11.8 Å². The molecule has 2 aromatic rings. The lowest BCUT2D eigenvalue weighted by Crippen LogP contribution is -2.49. The number of hydrogen-bond donors (Lipinski definition) is 1. The molecule has 3 heterocycles. The largest absolute Gasteiger partial charge is 0.347 e. The second-order valence-corrected chi connectivity index (χ2v) is 7.02. The fraction of sp³-hybridized carbons (Fsp3) is 0.556. The van der Waals surface area contributed by atoms with Gasteiger partial charge in [0.1, 0.15) is 0 Å². The standard InChI is InChI=1S/C18H22N6O3/c25-15-7-6-12(11-24(15)13-4-1-2-5-13)18(26)21-10-14-22-17(23-27-14)16-19-8-3-9-20-16/h3,8-9,12-13H,1-2,4-7,10-11H2,(H,21,26)/t12-/m0/s1. The molecule has 0 unspecified atom stereocenters. The second-order valence-electron chi connectivity index (χ2n) is 7.02. The van der Waals surface area contributed by atoms with E-state index in [1.54, 1.807) is 18.5 Å². The number of rotatable bonds is 5. The Hall–Kier alpha value is -2.84. The molecule has 2 amide bonds. The number of likely N-dealkylation sites (tertiary alicyclic amines) is 1. The quantitative estimate of drug-likeness (QED) is 0.844. The SMILES string of the molecule is O=C(NCc1nc(-c2ncccn2)no1)[C@H]1CCC(=O)N(C2CCCC2)C1. The normalized spacial score (nSPS) is 20.8. The molecule has 2 aliphatic rings.